The Balaban J connectivity index is 4.10. The van der Waals surface area contributed by atoms with E-state index in [1.54, 1.807) is 0 Å². The molecule has 0 fully saturated rings. The monoisotopic (exact) mass is 1050 g/mol. The van der Waals surface area contributed by atoms with Crippen LogP contribution in [0.1, 0.15) is 367 Å². The fourth-order valence-electron chi connectivity index (χ4n) is 10.1. The molecular formula is C69H128O6. The third-order valence-electron chi connectivity index (χ3n) is 15.1. The lowest BCUT2D eigenvalue weighted by Crippen LogP contribution is -2.30. The highest BCUT2D eigenvalue weighted by atomic mass is 16.6. The summed E-state index contributed by atoms with van der Waals surface area (Å²) in [6.45, 7) is 6.68. The molecule has 0 aliphatic carbocycles. The summed E-state index contributed by atoms with van der Waals surface area (Å²) in [5.41, 5.74) is 0. The Kier molecular flexibility index (Phi) is 62.1. The second-order valence-electron chi connectivity index (χ2n) is 22.7. The third-order valence-corrected chi connectivity index (χ3v) is 15.1. The zero-order valence-corrected chi connectivity index (χ0v) is 50.6. The quantitative estimate of drug-likeness (QED) is 0.0261. The summed E-state index contributed by atoms with van der Waals surface area (Å²) in [5, 5.41) is 0. The topological polar surface area (TPSA) is 78.9 Å². The molecule has 6 heteroatoms. The summed E-state index contributed by atoms with van der Waals surface area (Å²) in [4.78, 5) is 38.2. The number of unbranched alkanes of at least 4 members (excludes halogenated alkanes) is 45. The molecule has 0 saturated carbocycles. The number of carbonyl (C=O) groups is 3. The van der Waals surface area contributed by atoms with Crippen LogP contribution in [0.25, 0.3) is 0 Å². The maximum atomic E-state index is 12.9. The first kappa shape index (κ1) is 72.6. The minimum Gasteiger partial charge on any atom is -0.462 e. The first-order valence-corrected chi connectivity index (χ1v) is 33.5. The average Bonchev–Trinajstić information content (AvgIpc) is 3.41. The molecule has 0 bridgehead atoms. The van der Waals surface area contributed by atoms with Crippen molar-refractivity contribution < 1.29 is 28.6 Å². The third kappa shape index (κ3) is 62.4. The van der Waals surface area contributed by atoms with Crippen molar-refractivity contribution in [3.05, 3.63) is 36.5 Å². The van der Waals surface area contributed by atoms with Gasteiger partial charge in [-0.1, -0.05) is 327 Å². The second kappa shape index (κ2) is 64.2. The zero-order valence-electron chi connectivity index (χ0n) is 50.6. The van der Waals surface area contributed by atoms with E-state index in [2.05, 4.69) is 57.2 Å². The van der Waals surface area contributed by atoms with Crippen LogP contribution in [0.5, 0.6) is 0 Å². The molecule has 0 N–H and O–H groups in total. The zero-order chi connectivity index (χ0) is 54.3. The van der Waals surface area contributed by atoms with Crippen molar-refractivity contribution in [3.63, 3.8) is 0 Å². The van der Waals surface area contributed by atoms with E-state index in [9.17, 15) is 14.4 Å². The first-order chi connectivity index (χ1) is 37.0. The van der Waals surface area contributed by atoms with E-state index < -0.39 is 6.10 Å². The van der Waals surface area contributed by atoms with Gasteiger partial charge in [0.2, 0.25) is 0 Å². The Labute approximate surface area is 467 Å². The standard InChI is InChI=1S/C69H128O6/c1-4-7-10-13-16-19-22-25-27-28-29-30-31-32-33-34-35-36-37-38-39-40-41-42-43-45-47-50-53-56-59-62-68(71)74-65-66(64-73-67(70)61-58-55-52-49-46-24-21-18-15-12-9-6-3)75-69(72)63-60-57-54-51-48-44-26-23-20-17-14-11-8-5-2/h22,25,28-29,31-32,66H,4-21,23-24,26-27,30,33-65H2,1-3H3/b25-22-,29-28-,32-31-. The smallest absolute Gasteiger partial charge is 0.306 e. The molecule has 0 radical (unpaired) electrons. The van der Waals surface area contributed by atoms with Crippen LogP contribution in [0.4, 0.5) is 0 Å². The summed E-state index contributed by atoms with van der Waals surface area (Å²) in [7, 11) is 0. The first-order valence-electron chi connectivity index (χ1n) is 33.5. The van der Waals surface area contributed by atoms with Gasteiger partial charge in [0, 0.05) is 19.3 Å². The predicted molar refractivity (Wildman–Crippen MR) is 326 cm³/mol. The summed E-state index contributed by atoms with van der Waals surface area (Å²) >= 11 is 0. The number of hydrogen-bond donors (Lipinski definition) is 0. The summed E-state index contributed by atoms with van der Waals surface area (Å²) in [6, 6.07) is 0. The van der Waals surface area contributed by atoms with Crippen LogP contribution in [-0.4, -0.2) is 37.2 Å². The van der Waals surface area contributed by atoms with E-state index >= 15 is 0 Å². The van der Waals surface area contributed by atoms with Crippen molar-refractivity contribution in [1.29, 1.82) is 0 Å². The summed E-state index contributed by atoms with van der Waals surface area (Å²) < 4.78 is 16.9. The highest BCUT2D eigenvalue weighted by Crippen LogP contribution is 2.18. The molecule has 0 heterocycles. The van der Waals surface area contributed by atoms with Crippen molar-refractivity contribution in [2.75, 3.05) is 13.2 Å². The number of rotatable bonds is 62. The number of allylic oxidation sites excluding steroid dienone is 6. The molecule has 0 spiro atoms. The Bertz CT molecular complexity index is 1250. The molecular weight excluding hydrogens is 925 g/mol. The van der Waals surface area contributed by atoms with E-state index in [0.29, 0.717) is 19.3 Å². The number of hydrogen-bond acceptors (Lipinski definition) is 6. The Morgan fingerprint density at radius 2 is 0.480 bits per heavy atom. The van der Waals surface area contributed by atoms with Gasteiger partial charge in [-0.15, -0.1) is 0 Å². The lowest BCUT2D eigenvalue weighted by molar-refractivity contribution is -0.167. The minimum absolute atomic E-state index is 0.0651. The molecule has 0 aromatic rings. The Hall–Kier alpha value is -2.37. The van der Waals surface area contributed by atoms with Crippen LogP contribution < -0.4 is 0 Å². The van der Waals surface area contributed by atoms with Crippen LogP contribution in [0, 0.1) is 0 Å². The Morgan fingerprint density at radius 1 is 0.267 bits per heavy atom. The minimum atomic E-state index is -0.766. The highest BCUT2D eigenvalue weighted by molar-refractivity contribution is 5.71. The largest absolute Gasteiger partial charge is 0.462 e. The maximum absolute atomic E-state index is 12.9. The van der Waals surface area contributed by atoms with E-state index in [-0.39, 0.29) is 31.1 Å². The van der Waals surface area contributed by atoms with Crippen molar-refractivity contribution in [2.24, 2.45) is 0 Å². The second-order valence-corrected chi connectivity index (χ2v) is 22.7. The maximum Gasteiger partial charge on any atom is 0.306 e. The molecule has 0 saturated heterocycles. The van der Waals surface area contributed by atoms with Crippen molar-refractivity contribution in [3.8, 4) is 0 Å². The Morgan fingerprint density at radius 3 is 0.747 bits per heavy atom. The lowest BCUT2D eigenvalue weighted by Gasteiger charge is -2.18. The van der Waals surface area contributed by atoms with Gasteiger partial charge in [0.05, 0.1) is 0 Å². The van der Waals surface area contributed by atoms with Crippen molar-refractivity contribution in [1.82, 2.24) is 0 Å². The molecule has 0 aromatic carbocycles. The molecule has 0 aromatic heterocycles. The molecule has 1 atom stereocenters. The van der Waals surface area contributed by atoms with E-state index in [1.165, 1.54) is 257 Å². The fourth-order valence-corrected chi connectivity index (χ4v) is 10.1. The molecule has 0 aliphatic heterocycles. The lowest BCUT2D eigenvalue weighted by atomic mass is 10.0. The SMILES string of the molecule is CCCCCCC/C=C\C/C=C\C/C=C\CCCCCCCCCCCCCCCCCCC(=O)OCC(COC(=O)CCCCCCCCCCCCCC)OC(=O)CCCCCCCCCCCCCCCC. The van der Waals surface area contributed by atoms with Gasteiger partial charge in [0.1, 0.15) is 13.2 Å². The molecule has 0 rings (SSSR count). The molecule has 75 heavy (non-hydrogen) atoms. The number of carbonyl (C=O) groups excluding carboxylic acids is 3. The highest BCUT2D eigenvalue weighted by Gasteiger charge is 2.19. The summed E-state index contributed by atoms with van der Waals surface area (Å²) in [6.07, 6.45) is 78.8. The van der Waals surface area contributed by atoms with Crippen LogP contribution in [-0.2, 0) is 28.6 Å². The molecule has 0 aliphatic rings. The fraction of sp³-hybridized carbons (Fsp3) is 0.870. The molecule has 1 unspecified atom stereocenters. The van der Waals surface area contributed by atoms with Gasteiger partial charge in [-0.25, -0.2) is 0 Å². The van der Waals surface area contributed by atoms with E-state index in [0.717, 1.165) is 70.6 Å². The van der Waals surface area contributed by atoms with Crippen molar-refractivity contribution in [2.45, 2.75) is 374 Å². The van der Waals surface area contributed by atoms with Crippen LogP contribution >= 0.6 is 0 Å². The van der Waals surface area contributed by atoms with Gasteiger partial charge in [-0.05, 0) is 57.8 Å². The van der Waals surface area contributed by atoms with Gasteiger partial charge in [0.15, 0.2) is 6.10 Å². The van der Waals surface area contributed by atoms with Gasteiger partial charge in [-0.3, -0.25) is 14.4 Å². The van der Waals surface area contributed by atoms with Crippen LogP contribution in [0.3, 0.4) is 0 Å². The van der Waals surface area contributed by atoms with Crippen LogP contribution in [0.15, 0.2) is 36.5 Å². The summed E-state index contributed by atoms with van der Waals surface area (Å²) in [5.74, 6) is -0.840. The van der Waals surface area contributed by atoms with E-state index in [1.807, 2.05) is 0 Å². The number of esters is 3. The number of ether oxygens (including phenoxy) is 3. The van der Waals surface area contributed by atoms with Gasteiger partial charge in [0.25, 0.3) is 0 Å². The van der Waals surface area contributed by atoms with Gasteiger partial charge >= 0.3 is 17.9 Å². The molecule has 6 nitrogen and oxygen atoms in total. The normalized spacial score (nSPS) is 12.2. The van der Waals surface area contributed by atoms with Crippen molar-refractivity contribution >= 4 is 17.9 Å². The van der Waals surface area contributed by atoms with Crippen LogP contribution in [0.2, 0.25) is 0 Å². The predicted octanol–water partition coefficient (Wildman–Crippen LogP) is 22.8. The average molecular weight is 1050 g/mol. The van der Waals surface area contributed by atoms with Gasteiger partial charge < -0.3 is 14.2 Å². The van der Waals surface area contributed by atoms with Gasteiger partial charge in [-0.2, -0.15) is 0 Å². The van der Waals surface area contributed by atoms with E-state index in [4.69, 9.17) is 14.2 Å². The molecule has 440 valence electrons. The molecule has 0 amide bonds.